The standard InChI is InChI=1S/C22H30N4OS/c1-23-22(24-13-16-28(27)21-7-3-2-4-8-21)25-17-19-9-11-20(12-10-19)18-26-14-5-6-15-26/h2-4,7-12H,5-6,13-18H2,1H3,(H2,23,24,25). The van der Waals surface area contributed by atoms with Crippen molar-refractivity contribution in [3.05, 3.63) is 65.7 Å². The van der Waals surface area contributed by atoms with Crippen molar-refractivity contribution in [2.24, 2.45) is 4.99 Å². The molecule has 1 fully saturated rings. The quantitative estimate of drug-likeness (QED) is 0.530. The molecule has 0 bridgehead atoms. The normalized spacial score (nSPS) is 16.1. The fourth-order valence-electron chi connectivity index (χ4n) is 3.32. The third-order valence-electron chi connectivity index (χ3n) is 4.90. The predicted octanol–water partition coefficient (Wildman–Crippen LogP) is 2.76. The monoisotopic (exact) mass is 398 g/mol. The van der Waals surface area contributed by atoms with Crippen LogP contribution in [0.15, 0.2) is 64.5 Å². The summed E-state index contributed by atoms with van der Waals surface area (Å²) in [5, 5.41) is 6.56. The van der Waals surface area contributed by atoms with Crippen LogP contribution < -0.4 is 10.6 Å². The molecule has 1 unspecified atom stereocenters. The number of guanidine groups is 1. The molecule has 1 aliphatic rings. The van der Waals surface area contributed by atoms with Gasteiger partial charge in [-0.1, -0.05) is 42.5 Å². The predicted molar refractivity (Wildman–Crippen MR) is 117 cm³/mol. The van der Waals surface area contributed by atoms with Gasteiger partial charge in [0.1, 0.15) is 0 Å². The van der Waals surface area contributed by atoms with Gasteiger partial charge in [-0.05, 0) is 49.2 Å². The molecule has 5 nitrogen and oxygen atoms in total. The number of rotatable bonds is 8. The van der Waals surface area contributed by atoms with E-state index in [1.807, 2.05) is 30.3 Å². The summed E-state index contributed by atoms with van der Waals surface area (Å²) < 4.78 is 12.3. The maximum Gasteiger partial charge on any atom is 0.191 e. The topological polar surface area (TPSA) is 56.7 Å². The molecule has 0 radical (unpaired) electrons. The third-order valence-corrected chi connectivity index (χ3v) is 6.27. The summed E-state index contributed by atoms with van der Waals surface area (Å²) in [7, 11) is 0.757. The number of hydrogen-bond acceptors (Lipinski definition) is 3. The van der Waals surface area contributed by atoms with E-state index < -0.39 is 10.8 Å². The molecule has 0 spiro atoms. The van der Waals surface area contributed by atoms with E-state index in [0.717, 1.165) is 17.4 Å². The van der Waals surface area contributed by atoms with Gasteiger partial charge in [-0.2, -0.15) is 0 Å². The van der Waals surface area contributed by atoms with Crippen LogP contribution in [0.3, 0.4) is 0 Å². The highest BCUT2D eigenvalue weighted by atomic mass is 32.2. The molecule has 0 aliphatic carbocycles. The van der Waals surface area contributed by atoms with E-state index in [9.17, 15) is 4.21 Å². The zero-order valence-electron chi connectivity index (χ0n) is 16.6. The van der Waals surface area contributed by atoms with E-state index in [0.29, 0.717) is 18.8 Å². The first kappa shape index (κ1) is 20.6. The molecular formula is C22H30N4OS. The number of nitrogens with one attached hydrogen (secondary N) is 2. The van der Waals surface area contributed by atoms with Gasteiger partial charge in [-0.15, -0.1) is 0 Å². The first-order valence-corrected chi connectivity index (χ1v) is 11.2. The minimum Gasteiger partial charge on any atom is -0.355 e. The lowest BCUT2D eigenvalue weighted by Crippen LogP contribution is -2.38. The molecule has 3 rings (SSSR count). The van der Waals surface area contributed by atoms with Crippen LogP contribution in [0.25, 0.3) is 0 Å². The summed E-state index contributed by atoms with van der Waals surface area (Å²) in [4.78, 5) is 7.62. The smallest absolute Gasteiger partial charge is 0.191 e. The van der Waals surface area contributed by atoms with E-state index >= 15 is 0 Å². The molecule has 0 saturated carbocycles. The molecular weight excluding hydrogens is 368 g/mol. The van der Waals surface area contributed by atoms with Crippen LogP contribution in [0.4, 0.5) is 0 Å². The van der Waals surface area contributed by atoms with Gasteiger partial charge < -0.3 is 10.6 Å². The first-order valence-electron chi connectivity index (χ1n) is 9.93. The summed E-state index contributed by atoms with van der Waals surface area (Å²) >= 11 is 0. The van der Waals surface area contributed by atoms with E-state index in [1.165, 1.54) is 37.1 Å². The van der Waals surface area contributed by atoms with Gasteiger partial charge in [-0.25, -0.2) is 0 Å². The number of likely N-dealkylation sites (tertiary alicyclic amines) is 1. The Morgan fingerprint density at radius 1 is 1.00 bits per heavy atom. The van der Waals surface area contributed by atoms with Crippen LogP contribution in [0, 0.1) is 0 Å². The Balaban J connectivity index is 1.39. The van der Waals surface area contributed by atoms with Gasteiger partial charge in [0.25, 0.3) is 0 Å². The molecule has 1 heterocycles. The van der Waals surface area contributed by atoms with Crippen LogP contribution in [0.2, 0.25) is 0 Å². The maximum absolute atomic E-state index is 12.3. The second-order valence-electron chi connectivity index (χ2n) is 7.01. The van der Waals surface area contributed by atoms with Crippen molar-refractivity contribution in [2.75, 3.05) is 32.4 Å². The van der Waals surface area contributed by atoms with Crippen molar-refractivity contribution < 1.29 is 4.21 Å². The van der Waals surface area contributed by atoms with Gasteiger partial charge in [0.05, 0.1) is 10.8 Å². The van der Waals surface area contributed by atoms with Crippen LogP contribution in [0.5, 0.6) is 0 Å². The van der Waals surface area contributed by atoms with Crippen molar-refractivity contribution in [1.29, 1.82) is 0 Å². The molecule has 2 N–H and O–H groups in total. The van der Waals surface area contributed by atoms with Crippen molar-refractivity contribution >= 4 is 16.8 Å². The summed E-state index contributed by atoms with van der Waals surface area (Å²) in [5.74, 6) is 1.28. The number of benzene rings is 2. The SMILES string of the molecule is CN=C(NCCS(=O)c1ccccc1)NCc1ccc(CN2CCCC2)cc1. The van der Waals surface area contributed by atoms with Gasteiger partial charge in [-0.3, -0.25) is 14.1 Å². The molecule has 1 atom stereocenters. The van der Waals surface area contributed by atoms with Crippen molar-refractivity contribution in [1.82, 2.24) is 15.5 Å². The number of hydrogen-bond donors (Lipinski definition) is 2. The summed E-state index contributed by atoms with van der Waals surface area (Å²) in [6.07, 6.45) is 2.65. The summed E-state index contributed by atoms with van der Waals surface area (Å²) in [6, 6.07) is 18.3. The Hall–Kier alpha value is -2.18. The average molecular weight is 399 g/mol. The van der Waals surface area contributed by atoms with Crippen LogP contribution in [0.1, 0.15) is 24.0 Å². The fourth-order valence-corrected chi connectivity index (χ4v) is 4.30. The lowest BCUT2D eigenvalue weighted by atomic mass is 10.1. The first-order chi connectivity index (χ1) is 13.7. The van der Waals surface area contributed by atoms with E-state index in [1.54, 1.807) is 7.05 Å². The highest BCUT2D eigenvalue weighted by Gasteiger charge is 2.11. The molecule has 150 valence electrons. The number of aliphatic imine (C=N–C) groups is 1. The Morgan fingerprint density at radius 2 is 1.68 bits per heavy atom. The van der Waals surface area contributed by atoms with Gasteiger partial charge in [0.2, 0.25) is 0 Å². The molecule has 28 heavy (non-hydrogen) atoms. The fraction of sp³-hybridized carbons (Fsp3) is 0.409. The van der Waals surface area contributed by atoms with Crippen LogP contribution >= 0.6 is 0 Å². The lowest BCUT2D eigenvalue weighted by molar-refractivity contribution is 0.331. The third kappa shape index (κ3) is 6.46. The summed E-state index contributed by atoms with van der Waals surface area (Å²) in [6.45, 7) is 4.82. The Bertz CT molecular complexity index is 771. The zero-order chi connectivity index (χ0) is 19.6. The Kier molecular flexibility index (Phi) is 8.06. The summed E-state index contributed by atoms with van der Waals surface area (Å²) in [5.41, 5.74) is 2.59. The average Bonchev–Trinajstić information content (AvgIpc) is 3.25. The molecule has 6 heteroatoms. The van der Waals surface area contributed by atoms with Gasteiger partial charge in [0, 0.05) is 37.3 Å². The van der Waals surface area contributed by atoms with Crippen LogP contribution in [-0.2, 0) is 23.9 Å². The minimum absolute atomic E-state index is 0.551. The van der Waals surface area contributed by atoms with Crippen molar-refractivity contribution in [3.63, 3.8) is 0 Å². The van der Waals surface area contributed by atoms with Crippen molar-refractivity contribution in [3.8, 4) is 0 Å². The second-order valence-corrected chi connectivity index (χ2v) is 8.59. The second kappa shape index (κ2) is 11.0. The van der Waals surface area contributed by atoms with Gasteiger partial charge in [0.15, 0.2) is 5.96 Å². The van der Waals surface area contributed by atoms with Crippen LogP contribution in [-0.4, -0.2) is 47.5 Å². The Morgan fingerprint density at radius 3 is 2.36 bits per heavy atom. The highest BCUT2D eigenvalue weighted by molar-refractivity contribution is 7.85. The highest BCUT2D eigenvalue weighted by Crippen LogP contribution is 2.13. The van der Waals surface area contributed by atoms with Crippen molar-refractivity contribution in [2.45, 2.75) is 30.8 Å². The molecule has 1 aliphatic heterocycles. The largest absolute Gasteiger partial charge is 0.355 e. The van der Waals surface area contributed by atoms with Gasteiger partial charge >= 0.3 is 0 Å². The molecule has 0 amide bonds. The maximum atomic E-state index is 12.3. The molecule has 2 aromatic rings. The minimum atomic E-state index is -0.996. The van der Waals surface area contributed by atoms with E-state index in [2.05, 4.69) is 44.8 Å². The lowest BCUT2D eigenvalue weighted by Gasteiger charge is -2.15. The van der Waals surface area contributed by atoms with E-state index in [4.69, 9.17) is 0 Å². The molecule has 1 saturated heterocycles. The Labute approximate surface area is 170 Å². The zero-order valence-corrected chi connectivity index (χ0v) is 17.4. The molecule has 2 aromatic carbocycles. The molecule has 0 aromatic heterocycles. The van der Waals surface area contributed by atoms with E-state index in [-0.39, 0.29) is 0 Å². The number of nitrogens with zero attached hydrogens (tertiary/aromatic N) is 2.